The number of carbonyl (C=O) groups excluding carboxylic acids is 1. The van der Waals surface area contributed by atoms with Crippen LogP contribution in [0.15, 0.2) is 18.2 Å². The van der Waals surface area contributed by atoms with Crippen molar-refractivity contribution >= 4 is 17.7 Å². The molecule has 1 aromatic carbocycles. The zero-order chi connectivity index (χ0) is 13.8. The van der Waals surface area contributed by atoms with E-state index in [9.17, 15) is 20.0 Å². The van der Waals surface area contributed by atoms with Crippen molar-refractivity contribution in [1.29, 1.82) is 0 Å². The number of benzene rings is 1. The van der Waals surface area contributed by atoms with Crippen LogP contribution in [0.5, 0.6) is 0 Å². The minimum absolute atomic E-state index is 0.0526. The van der Waals surface area contributed by atoms with Crippen molar-refractivity contribution in [3.8, 4) is 0 Å². The molecule has 0 aliphatic carbocycles. The molecule has 1 atom stereocenters. The van der Waals surface area contributed by atoms with Crippen LogP contribution in [0.4, 0.5) is 11.4 Å². The first-order valence-electron chi connectivity index (χ1n) is 6.25. The lowest BCUT2D eigenvalue weighted by Crippen LogP contribution is -2.37. The first-order chi connectivity index (χ1) is 9.15. The molecule has 0 bridgehead atoms. The quantitative estimate of drug-likeness (QED) is 0.507. The highest BCUT2D eigenvalue weighted by atomic mass is 16.6. The smallest absolute Gasteiger partial charge is 0.293 e. The maximum absolute atomic E-state index is 11.1. The first kappa shape index (κ1) is 13.5. The lowest BCUT2D eigenvalue weighted by Gasteiger charge is -2.33. The van der Waals surface area contributed by atoms with E-state index in [0.29, 0.717) is 24.1 Å². The van der Waals surface area contributed by atoms with Crippen LogP contribution in [0.2, 0.25) is 0 Å². The van der Waals surface area contributed by atoms with Crippen LogP contribution in [-0.2, 0) is 0 Å². The lowest BCUT2D eigenvalue weighted by atomic mass is 9.98. The summed E-state index contributed by atoms with van der Waals surface area (Å²) in [5.74, 6) is 0.152. The van der Waals surface area contributed by atoms with Crippen molar-refractivity contribution in [2.45, 2.75) is 12.8 Å². The second-order valence-corrected chi connectivity index (χ2v) is 4.76. The summed E-state index contributed by atoms with van der Waals surface area (Å²) in [5.41, 5.74) is 0.767. The molecule has 19 heavy (non-hydrogen) atoms. The number of aliphatic hydroxyl groups is 1. The molecule has 1 N–H and O–H groups in total. The van der Waals surface area contributed by atoms with Crippen LogP contribution >= 0.6 is 0 Å². The van der Waals surface area contributed by atoms with Crippen LogP contribution in [0.25, 0.3) is 0 Å². The molecule has 2 rings (SSSR count). The van der Waals surface area contributed by atoms with Gasteiger partial charge in [-0.1, -0.05) is 0 Å². The van der Waals surface area contributed by atoms with E-state index in [1.165, 1.54) is 6.07 Å². The third-order valence-electron chi connectivity index (χ3n) is 3.45. The maximum atomic E-state index is 11.1. The molecular weight excluding hydrogens is 248 g/mol. The molecule has 102 valence electrons. The van der Waals surface area contributed by atoms with Crippen LogP contribution in [-0.4, -0.2) is 36.0 Å². The van der Waals surface area contributed by atoms with E-state index in [4.69, 9.17) is 0 Å². The minimum Gasteiger partial charge on any atom is -0.396 e. The van der Waals surface area contributed by atoms with Gasteiger partial charge in [0.05, 0.1) is 4.92 Å². The Bertz CT molecular complexity index is 490. The van der Waals surface area contributed by atoms with E-state index < -0.39 is 4.92 Å². The van der Waals surface area contributed by atoms with Gasteiger partial charge in [0.15, 0.2) is 0 Å². The molecule has 1 heterocycles. The molecule has 1 fully saturated rings. The summed E-state index contributed by atoms with van der Waals surface area (Å²) in [6.45, 7) is 1.44. The molecule has 1 aliphatic heterocycles. The molecule has 1 saturated heterocycles. The van der Waals surface area contributed by atoms with Gasteiger partial charge in [-0.3, -0.25) is 14.9 Å². The average Bonchev–Trinajstić information content (AvgIpc) is 2.46. The second kappa shape index (κ2) is 5.79. The van der Waals surface area contributed by atoms with Crippen LogP contribution in [0.3, 0.4) is 0 Å². The van der Waals surface area contributed by atoms with Crippen molar-refractivity contribution in [2.24, 2.45) is 5.92 Å². The number of aliphatic hydroxyl groups excluding tert-OH is 1. The first-order valence-corrected chi connectivity index (χ1v) is 6.25. The highest BCUT2D eigenvalue weighted by Gasteiger charge is 2.25. The number of aldehydes is 1. The zero-order valence-corrected chi connectivity index (χ0v) is 10.5. The number of carbonyl (C=O) groups is 1. The Morgan fingerprint density at radius 1 is 1.53 bits per heavy atom. The Labute approximate surface area is 110 Å². The van der Waals surface area contributed by atoms with Crippen LogP contribution in [0.1, 0.15) is 23.2 Å². The Kier molecular flexibility index (Phi) is 4.11. The van der Waals surface area contributed by atoms with Crippen LogP contribution in [0, 0.1) is 16.0 Å². The third-order valence-corrected chi connectivity index (χ3v) is 3.45. The molecule has 1 aromatic rings. The predicted octanol–water partition coefficient (Wildman–Crippen LogP) is 1.62. The topological polar surface area (TPSA) is 83.7 Å². The van der Waals surface area contributed by atoms with Crippen LogP contribution < -0.4 is 4.90 Å². The van der Waals surface area contributed by atoms with E-state index in [2.05, 4.69) is 0 Å². The van der Waals surface area contributed by atoms with Gasteiger partial charge in [-0.2, -0.15) is 0 Å². The molecule has 6 nitrogen and oxygen atoms in total. The Morgan fingerprint density at radius 3 is 2.95 bits per heavy atom. The number of nitrogens with zero attached hydrogens (tertiary/aromatic N) is 2. The molecule has 6 heteroatoms. The van der Waals surface area contributed by atoms with Crippen molar-refractivity contribution in [1.82, 2.24) is 0 Å². The number of hydrogen-bond acceptors (Lipinski definition) is 5. The van der Waals surface area contributed by atoms with Crippen molar-refractivity contribution in [3.63, 3.8) is 0 Å². The summed E-state index contributed by atoms with van der Waals surface area (Å²) >= 11 is 0. The summed E-state index contributed by atoms with van der Waals surface area (Å²) < 4.78 is 0. The fourth-order valence-corrected chi connectivity index (χ4v) is 2.46. The molecule has 0 aromatic heterocycles. The monoisotopic (exact) mass is 264 g/mol. The fourth-order valence-electron chi connectivity index (χ4n) is 2.46. The molecule has 0 saturated carbocycles. The summed E-state index contributed by atoms with van der Waals surface area (Å²) in [7, 11) is 0. The zero-order valence-electron chi connectivity index (χ0n) is 10.5. The molecule has 1 unspecified atom stereocenters. The number of nitro groups is 1. The number of hydrogen-bond donors (Lipinski definition) is 1. The van der Waals surface area contributed by atoms with Gasteiger partial charge in [0.2, 0.25) is 0 Å². The average molecular weight is 264 g/mol. The Hall–Kier alpha value is -1.95. The lowest BCUT2D eigenvalue weighted by molar-refractivity contribution is -0.384. The predicted molar refractivity (Wildman–Crippen MR) is 70.5 cm³/mol. The molecule has 0 amide bonds. The number of rotatable bonds is 4. The second-order valence-electron chi connectivity index (χ2n) is 4.76. The number of piperidine rings is 1. The van der Waals surface area contributed by atoms with Gasteiger partial charge in [-0.15, -0.1) is 0 Å². The van der Waals surface area contributed by atoms with Gasteiger partial charge in [-0.05, 0) is 30.9 Å². The Morgan fingerprint density at radius 2 is 2.32 bits per heavy atom. The standard InChI is InChI=1S/C13H16N2O4/c16-8-10-3-4-12(13(6-10)15(18)19)14-5-1-2-11(7-14)9-17/h3-4,6,8,11,17H,1-2,5,7,9H2. The normalized spacial score (nSPS) is 19.2. The van der Waals surface area contributed by atoms with E-state index >= 15 is 0 Å². The van der Waals surface area contributed by atoms with Crippen molar-refractivity contribution in [2.75, 3.05) is 24.6 Å². The third kappa shape index (κ3) is 2.90. The summed E-state index contributed by atoms with van der Waals surface area (Å²) in [4.78, 5) is 23.2. The van der Waals surface area contributed by atoms with Gasteiger partial charge in [0.25, 0.3) is 5.69 Å². The van der Waals surface area contributed by atoms with E-state index in [1.54, 1.807) is 12.1 Å². The molecule has 0 radical (unpaired) electrons. The largest absolute Gasteiger partial charge is 0.396 e. The van der Waals surface area contributed by atoms with Gasteiger partial charge >= 0.3 is 0 Å². The maximum Gasteiger partial charge on any atom is 0.293 e. The molecular formula is C13H16N2O4. The minimum atomic E-state index is -0.467. The summed E-state index contributed by atoms with van der Waals surface area (Å²) in [6, 6.07) is 4.49. The highest BCUT2D eigenvalue weighted by molar-refractivity contribution is 5.79. The van der Waals surface area contributed by atoms with Crippen molar-refractivity contribution in [3.05, 3.63) is 33.9 Å². The molecule has 0 spiro atoms. The van der Waals surface area contributed by atoms with Crippen molar-refractivity contribution < 1.29 is 14.8 Å². The molecule has 1 aliphatic rings. The van der Waals surface area contributed by atoms with E-state index in [1.807, 2.05) is 4.90 Å². The SMILES string of the molecule is O=Cc1ccc(N2CCCC(CO)C2)c([N+](=O)[O-])c1. The number of nitro benzene ring substituents is 1. The summed E-state index contributed by atoms with van der Waals surface area (Å²) in [5, 5.41) is 20.3. The summed E-state index contributed by atoms with van der Waals surface area (Å²) in [6.07, 6.45) is 2.44. The van der Waals surface area contributed by atoms with E-state index in [0.717, 1.165) is 19.4 Å². The Balaban J connectivity index is 2.32. The van der Waals surface area contributed by atoms with Gasteiger partial charge in [-0.25, -0.2) is 0 Å². The van der Waals surface area contributed by atoms with Gasteiger partial charge in [0.1, 0.15) is 12.0 Å². The van der Waals surface area contributed by atoms with E-state index in [-0.39, 0.29) is 18.2 Å². The number of anilines is 1. The van der Waals surface area contributed by atoms with Gasteiger partial charge in [0, 0.05) is 31.3 Å². The fraction of sp³-hybridized carbons (Fsp3) is 0.462. The van der Waals surface area contributed by atoms with Gasteiger partial charge < -0.3 is 10.0 Å². The highest BCUT2D eigenvalue weighted by Crippen LogP contribution is 2.32.